The van der Waals surface area contributed by atoms with Crippen LogP contribution in [0, 0.1) is 0 Å². The first-order valence-electron chi connectivity index (χ1n) is 6.58. The van der Waals surface area contributed by atoms with E-state index in [1.54, 1.807) is 6.07 Å². The highest BCUT2D eigenvalue weighted by atomic mass is 16.5. The molecule has 0 amide bonds. The lowest BCUT2D eigenvalue weighted by molar-refractivity contribution is -0.146. The van der Waals surface area contributed by atoms with Crippen molar-refractivity contribution >= 4 is 23.5 Å². The highest BCUT2D eigenvalue weighted by Gasteiger charge is 2.13. The van der Waals surface area contributed by atoms with Crippen molar-refractivity contribution in [3.05, 3.63) is 29.8 Å². The zero-order valence-corrected chi connectivity index (χ0v) is 11.7. The van der Waals surface area contributed by atoms with Crippen LogP contribution in [0.3, 0.4) is 0 Å². The van der Waals surface area contributed by atoms with Crippen LogP contribution in [0.4, 0.5) is 5.69 Å². The van der Waals surface area contributed by atoms with Crippen molar-refractivity contribution < 1.29 is 24.2 Å². The van der Waals surface area contributed by atoms with Gasteiger partial charge in [0, 0.05) is 30.4 Å². The maximum absolute atomic E-state index is 11.1. The topological polar surface area (TPSA) is 76.1 Å². The minimum Gasteiger partial charge on any atom is -0.496 e. The summed E-state index contributed by atoms with van der Waals surface area (Å²) >= 11 is 0. The number of anilines is 1. The van der Waals surface area contributed by atoms with Gasteiger partial charge in [-0.25, -0.2) is 4.79 Å². The van der Waals surface area contributed by atoms with E-state index in [2.05, 4.69) is 4.90 Å². The van der Waals surface area contributed by atoms with Crippen LogP contribution in [0.2, 0.25) is 0 Å². The molecule has 1 aliphatic rings. The number of carbonyl (C=O) groups excluding carboxylic acids is 1. The lowest BCUT2D eigenvalue weighted by atomic mass is 10.1. The fourth-order valence-corrected chi connectivity index (χ4v) is 2.09. The molecule has 1 aromatic rings. The predicted octanol–water partition coefficient (Wildman–Crippen LogP) is 1.20. The Kier molecular flexibility index (Phi) is 4.94. The number of hydrogen-bond acceptors (Lipinski definition) is 5. The van der Waals surface area contributed by atoms with Gasteiger partial charge in [-0.3, -0.25) is 4.79 Å². The van der Waals surface area contributed by atoms with Crippen LogP contribution in [0.15, 0.2) is 24.3 Å². The molecule has 0 atom stereocenters. The number of hydrogen-bond donors (Lipinski definition) is 1. The average molecular weight is 291 g/mol. The number of ether oxygens (including phenoxy) is 2. The minimum absolute atomic E-state index is 0.591. The van der Waals surface area contributed by atoms with Crippen LogP contribution in [0.5, 0.6) is 5.75 Å². The molecule has 1 N–H and O–H groups in total. The van der Waals surface area contributed by atoms with Crippen molar-refractivity contribution in [1.82, 2.24) is 0 Å². The molecular formula is C15H17NO5. The van der Waals surface area contributed by atoms with Gasteiger partial charge in [0.05, 0.1) is 20.3 Å². The number of carboxylic acids is 1. The first-order valence-corrected chi connectivity index (χ1v) is 6.58. The molecule has 0 spiro atoms. The highest BCUT2D eigenvalue weighted by molar-refractivity contribution is 6.38. The molecular weight excluding hydrogens is 274 g/mol. The van der Waals surface area contributed by atoms with Gasteiger partial charge in [-0.1, -0.05) is 0 Å². The maximum Gasteiger partial charge on any atom is 0.376 e. The second-order valence-electron chi connectivity index (χ2n) is 4.53. The summed E-state index contributed by atoms with van der Waals surface area (Å²) in [5.41, 5.74) is 1.67. The number of ketones is 1. The summed E-state index contributed by atoms with van der Waals surface area (Å²) in [5.74, 6) is -1.85. The van der Waals surface area contributed by atoms with Gasteiger partial charge >= 0.3 is 5.97 Å². The Balaban J connectivity index is 2.19. The fraction of sp³-hybridized carbons (Fsp3) is 0.333. The van der Waals surface area contributed by atoms with Gasteiger partial charge < -0.3 is 19.5 Å². The van der Waals surface area contributed by atoms with Gasteiger partial charge in [-0.15, -0.1) is 0 Å². The van der Waals surface area contributed by atoms with E-state index in [0.29, 0.717) is 24.5 Å². The first-order chi connectivity index (χ1) is 10.1. The van der Waals surface area contributed by atoms with Crippen LogP contribution < -0.4 is 9.64 Å². The van der Waals surface area contributed by atoms with E-state index >= 15 is 0 Å². The molecule has 0 aliphatic carbocycles. The Bertz CT molecular complexity index is 561. The summed E-state index contributed by atoms with van der Waals surface area (Å²) in [7, 11) is 1.54. The van der Waals surface area contributed by atoms with Crippen molar-refractivity contribution in [2.45, 2.75) is 0 Å². The summed E-state index contributed by atoms with van der Waals surface area (Å²) in [4.78, 5) is 23.7. The van der Waals surface area contributed by atoms with E-state index < -0.39 is 11.8 Å². The summed E-state index contributed by atoms with van der Waals surface area (Å²) in [6.07, 6.45) is 2.47. The van der Waals surface area contributed by atoms with Gasteiger partial charge in [0.25, 0.3) is 5.78 Å². The summed E-state index contributed by atoms with van der Waals surface area (Å²) < 4.78 is 10.6. The van der Waals surface area contributed by atoms with Crippen molar-refractivity contribution in [2.24, 2.45) is 0 Å². The lowest BCUT2D eigenvalue weighted by Gasteiger charge is -2.29. The van der Waals surface area contributed by atoms with Crippen LogP contribution in [0.1, 0.15) is 5.56 Å². The van der Waals surface area contributed by atoms with E-state index in [1.807, 2.05) is 12.1 Å². The standard InChI is InChI=1S/C15H17NO5/c1-20-14-10-12(16-6-8-21-9-7-16)4-2-11(14)3-5-13(17)15(18)19/h2-5,10H,6-9H2,1H3,(H,18,19)/b5-3+. The van der Waals surface area contributed by atoms with Gasteiger partial charge in [0.2, 0.25) is 0 Å². The second-order valence-corrected chi connectivity index (χ2v) is 4.53. The van der Waals surface area contributed by atoms with Crippen LogP contribution in [0.25, 0.3) is 6.08 Å². The largest absolute Gasteiger partial charge is 0.496 e. The molecule has 21 heavy (non-hydrogen) atoms. The van der Waals surface area contributed by atoms with E-state index in [0.717, 1.165) is 24.9 Å². The summed E-state index contributed by atoms with van der Waals surface area (Å²) in [6.45, 7) is 3.01. The molecule has 1 fully saturated rings. The molecule has 1 saturated heterocycles. The molecule has 6 heteroatoms. The monoisotopic (exact) mass is 291 g/mol. The average Bonchev–Trinajstić information content (AvgIpc) is 2.53. The smallest absolute Gasteiger partial charge is 0.376 e. The number of carbonyl (C=O) groups is 2. The minimum atomic E-state index is -1.48. The third-order valence-corrected chi connectivity index (χ3v) is 3.22. The molecule has 1 aliphatic heterocycles. The quantitative estimate of drug-likeness (QED) is 0.649. The van der Waals surface area contributed by atoms with Crippen molar-refractivity contribution in [1.29, 1.82) is 0 Å². The molecule has 112 valence electrons. The van der Waals surface area contributed by atoms with E-state index in [1.165, 1.54) is 13.2 Å². The van der Waals surface area contributed by atoms with E-state index in [-0.39, 0.29) is 0 Å². The number of methoxy groups -OCH3 is 1. The molecule has 0 bridgehead atoms. The zero-order chi connectivity index (χ0) is 15.2. The van der Waals surface area contributed by atoms with E-state index in [4.69, 9.17) is 14.6 Å². The number of aliphatic carboxylic acids is 1. The summed E-state index contributed by atoms with van der Waals surface area (Å²) in [5, 5.41) is 8.55. The lowest BCUT2D eigenvalue weighted by Crippen LogP contribution is -2.36. The fourth-order valence-electron chi connectivity index (χ4n) is 2.09. The van der Waals surface area contributed by atoms with Gasteiger partial charge in [0.15, 0.2) is 0 Å². The number of benzene rings is 1. The van der Waals surface area contributed by atoms with Crippen molar-refractivity contribution in [3.8, 4) is 5.75 Å². The third-order valence-electron chi connectivity index (χ3n) is 3.22. The van der Waals surface area contributed by atoms with Crippen molar-refractivity contribution in [2.75, 3.05) is 38.3 Å². The van der Waals surface area contributed by atoms with Gasteiger partial charge in [-0.05, 0) is 24.3 Å². The molecule has 1 heterocycles. The summed E-state index contributed by atoms with van der Waals surface area (Å²) in [6, 6.07) is 5.59. The molecule has 6 nitrogen and oxygen atoms in total. The molecule has 0 radical (unpaired) electrons. The van der Waals surface area contributed by atoms with Crippen LogP contribution >= 0.6 is 0 Å². The normalized spacial score (nSPS) is 15.2. The van der Waals surface area contributed by atoms with Gasteiger partial charge in [0.1, 0.15) is 5.75 Å². The second kappa shape index (κ2) is 6.90. The molecule has 1 aromatic carbocycles. The molecule has 2 rings (SSSR count). The Labute approximate surface area is 122 Å². The maximum atomic E-state index is 11.1. The number of nitrogens with zero attached hydrogens (tertiary/aromatic N) is 1. The Morgan fingerprint density at radius 1 is 1.33 bits per heavy atom. The number of carboxylic acid groups (broad SMARTS) is 1. The number of rotatable bonds is 5. The molecule has 0 aromatic heterocycles. The van der Waals surface area contributed by atoms with Crippen molar-refractivity contribution in [3.63, 3.8) is 0 Å². The van der Waals surface area contributed by atoms with Crippen LogP contribution in [-0.2, 0) is 14.3 Å². The number of morpholine rings is 1. The first kappa shape index (κ1) is 15.1. The zero-order valence-electron chi connectivity index (χ0n) is 11.7. The molecule has 0 saturated carbocycles. The Hall–Kier alpha value is -2.34. The van der Waals surface area contributed by atoms with E-state index in [9.17, 15) is 9.59 Å². The Morgan fingerprint density at radius 2 is 2.05 bits per heavy atom. The predicted molar refractivity (Wildman–Crippen MR) is 77.7 cm³/mol. The Morgan fingerprint density at radius 3 is 2.67 bits per heavy atom. The highest BCUT2D eigenvalue weighted by Crippen LogP contribution is 2.27. The SMILES string of the molecule is COc1cc(N2CCOCC2)ccc1/C=C/C(=O)C(=O)O. The third kappa shape index (κ3) is 3.82. The molecule has 0 unspecified atom stereocenters. The van der Waals surface area contributed by atoms with Gasteiger partial charge in [-0.2, -0.15) is 0 Å². The van der Waals surface area contributed by atoms with Crippen LogP contribution in [-0.4, -0.2) is 50.3 Å².